The summed E-state index contributed by atoms with van der Waals surface area (Å²) >= 11 is 0. The fraction of sp³-hybridized carbons (Fsp3) is 0.130. The molecule has 0 bridgehead atoms. The smallest absolute Gasteiger partial charge is 0.355 e. The Morgan fingerprint density at radius 2 is 1.76 bits per heavy atom. The van der Waals surface area contributed by atoms with Crippen molar-refractivity contribution in [3.05, 3.63) is 83.4 Å². The third kappa shape index (κ3) is 4.53. The summed E-state index contributed by atoms with van der Waals surface area (Å²) in [5, 5.41) is 8.19. The summed E-state index contributed by atoms with van der Waals surface area (Å²) in [5.41, 5.74) is 0.753. The summed E-state index contributed by atoms with van der Waals surface area (Å²) in [6.07, 6.45) is -2.27. The largest absolute Gasteiger partial charge is 0.431 e. The molecule has 0 radical (unpaired) electrons. The number of aromatic nitrogens is 3. The van der Waals surface area contributed by atoms with Crippen LogP contribution in [0.3, 0.4) is 0 Å². The average Bonchev–Trinajstić information content (AvgIpc) is 3.25. The van der Waals surface area contributed by atoms with E-state index in [0.29, 0.717) is 0 Å². The minimum absolute atomic E-state index is 0.0320. The van der Waals surface area contributed by atoms with Gasteiger partial charge in [0, 0.05) is 25.1 Å². The van der Waals surface area contributed by atoms with Crippen LogP contribution >= 0.6 is 0 Å². The highest BCUT2D eigenvalue weighted by Gasteiger charge is 2.33. The van der Waals surface area contributed by atoms with Gasteiger partial charge in [0.15, 0.2) is 5.82 Å². The van der Waals surface area contributed by atoms with E-state index in [4.69, 9.17) is 0 Å². The Kier molecular flexibility index (Phi) is 5.93. The number of benzene rings is 1. The molecule has 2 amide bonds. The number of aryl methyl sites for hydroxylation is 1. The zero-order valence-corrected chi connectivity index (χ0v) is 18.1. The van der Waals surface area contributed by atoms with Crippen LogP contribution in [-0.2, 0) is 6.18 Å². The van der Waals surface area contributed by atoms with Crippen molar-refractivity contribution in [3.8, 4) is 0 Å². The van der Waals surface area contributed by atoms with E-state index < -0.39 is 23.7 Å². The number of para-hydroxylation sites is 1. The van der Waals surface area contributed by atoms with Gasteiger partial charge in [-0.3, -0.25) is 14.0 Å². The third-order valence-electron chi connectivity index (χ3n) is 5.04. The number of carbonyl (C=O) groups excluding carboxylic acids is 2. The van der Waals surface area contributed by atoms with E-state index in [9.17, 15) is 22.8 Å². The van der Waals surface area contributed by atoms with E-state index in [1.807, 2.05) is 31.2 Å². The fourth-order valence-electron chi connectivity index (χ4n) is 3.31. The number of pyridine rings is 2. The Hall–Kier alpha value is -4.41. The van der Waals surface area contributed by atoms with E-state index in [-0.39, 0.29) is 28.4 Å². The van der Waals surface area contributed by atoms with Crippen molar-refractivity contribution in [2.75, 3.05) is 17.7 Å². The number of alkyl halides is 3. The molecule has 3 N–H and O–H groups in total. The number of nitrogens with one attached hydrogen (secondary N) is 3. The summed E-state index contributed by atoms with van der Waals surface area (Å²) < 4.78 is 40.8. The van der Waals surface area contributed by atoms with Gasteiger partial charge in [0.05, 0.1) is 11.3 Å². The number of amides is 2. The molecule has 0 unspecified atom stereocenters. The molecular weight excluding hydrogens is 449 g/mol. The molecular formula is C23H19F3N6O2. The quantitative estimate of drug-likeness (QED) is 0.403. The summed E-state index contributed by atoms with van der Waals surface area (Å²) in [4.78, 5) is 33.3. The normalized spacial score (nSPS) is 11.3. The van der Waals surface area contributed by atoms with Crippen molar-refractivity contribution < 1.29 is 22.8 Å². The first-order chi connectivity index (χ1) is 16.2. The Bertz CT molecular complexity index is 1400. The van der Waals surface area contributed by atoms with Crippen LogP contribution < -0.4 is 16.0 Å². The molecule has 0 atom stereocenters. The van der Waals surface area contributed by atoms with E-state index in [1.54, 1.807) is 0 Å². The molecule has 3 heterocycles. The predicted octanol–water partition coefficient (Wildman–Crippen LogP) is 4.41. The van der Waals surface area contributed by atoms with Crippen LogP contribution in [-0.4, -0.2) is 33.2 Å². The molecule has 0 aliphatic carbocycles. The average molecular weight is 468 g/mol. The topological polar surface area (TPSA) is 100 Å². The molecule has 174 valence electrons. The molecule has 3 aromatic heterocycles. The lowest BCUT2D eigenvalue weighted by atomic mass is 10.2. The molecule has 8 nitrogen and oxygen atoms in total. The van der Waals surface area contributed by atoms with Gasteiger partial charge in [-0.15, -0.1) is 0 Å². The van der Waals surface area contributed by atoms with Crippen LogP contribution in [0.15, 0.2) is 60.9 Å². The van der Waals surface area contributed by atoms with Crippen molar-refractivity contribution in [2.24, 2.45) is 0 Å². The highest BCUT2D eigenvalue weighted by atomic mass is 19.4. The van der Waals surface area contributed by atoms with Crippen LogP contribution in [0.4, 0.5) is 30.4 Å². The van der Waals surface area contributed by atoms with Crippen molar-refractivity contribution >= 4 is 34.7 Å². The first-order valence-electron chi connectivity index (χ1n) is 10.1. The molecule has 0 saturated heterocycles. The van der Waals surface area contributed by atoms with Crippen LogP contribution in [0.2, 0.25) is 0 Å². The fourth-order valence-corrected chi connectivity index (χ4v) is 3.31. The molecule has 0 aliphatic heterocycles. The molecule has 4 aromatic rings. The van der Waals surface area contributed by atoms with Gasteiger partial charge in [-0.05, 0) is 36.8 Å². The summed E-state index contributed by atoms with van der Waals surface area (Å²) in [5.74, 6) is -0.941. The summed E-state index contributed by atoms with van der Waals surface area (Å²) in [6, 6.07) is 12.3. The number of hydrogen-bond donors (Lipinski definition) is 3. The minimum Gasteiger partial charge on any atom is -0.355 e. The second kappa shape index (κ2) is 8.85. The number of halogens is 3. The van der Waals surface area contributed by atoms with E-state index in [2.05, 4.69) is 25.9 Å². The monoisotopic (exact) mass is 468 g/mol. The summed E-state index contributed by atoms with van der Waals surface area (Å²) in [6.45, 7) is 1.88. The molecule has 0 spiro atoms. The first kappa shape index (κ1) is 22.8. The molecule has 0 aliphatic rings. The SMILES string of the molecule is CNC(=O)c1cnc(Nc2ccccc2C)c(NC(=O)c2cn3c(C(F)(F)F)cccc3n2)c1. The van der Waals surface area contributed by atoms with Crippen LogP contribution in [0.5, 0.6) is 0 Å². The maximum atomic E-state index is 13.3. The Morgan fingerprint density at radius 3 is 2.47 bits per heavy atom. The number of rotatable bonds is 5. The lowest BCUT2D eigenvalue weighted by molar-refractivity contribution is -0.142. The lowest BCUT2D eigenvalue weighted by Gasteiger charge is -2.14. The highest BCUT2D eigenvalue weighted by Crippen LogP contribution is 2.30. The van der Waals surface area contributed by atoms with Gasteiger partial charge in [-0.1, -0.05) is 24.3 Å². The van der Waals surface area contributed by atoms with E-state index >= 15 is 0 Å². The number of hydrogen-bond acceptors (Lipinski definition) is 5. The third-order valence-corrected chi connectivity index (χ3v) is 5.04. The number of imidazole rings is 1. The Balaban J connectivity index is 1.71. The van der Waals surface area contributed by atoms with Crippen LogP contribution in [0, 0.1) is 6.92 Å². The van der Waals surface area contributed by atoms with Gasteiger partial charge >= 0.3 is 6.18 Å². The second-order valence-corrected chi connectivity index (χ2v) is 7.36. The van der Waals surface area contributed by atoms with Crippen molar-refractivity contribution in [1.29, 1.82) is 0 Å². The zero-order valence-electron chi connectivity index (χ0n) is 18.1. The Labute approximate surface area is 191 Å². The first-order valence-corrected chi connectivity index (χ1v) is 10.1. The number of anilines is 3. The van der Waals surface area contributed by atoms with Crippen molar-refractivity contribution in [2.45, 2.75) is 13.1 Å². The second-order valence-electron chi connectivity index (χ2n) is 7.36. The van der Waals surface area contributed by atoms with Gasteiger partial charge in [-0.2, -0.15) is 13.2 Å². The molecule has 4 rings (SSSR count). The van der Waals surface area contributed by atoms with Crippen molar-refractivity contribution in [1.82, 2.24) is 19.7 Å². The molecule has 11 heteroatoms. The summed E-state index contributed by atoms with van der Waals surface area (Å²) in [7, 11) is 1.45. The maximum Gasteiger partial charge on any atom is 0.431 e. The number of nitrogens with zero attached hydrogens (tertiary/aromatic N) is 3. The number of fused-ring (bicyclic) bond motifs is 1. The van der Waals surface area contributed by atoms with Gasteiger partial charge in [-0.25, -0.2) is 9.97 Å². The van der Waals surface area contributed by atoms with Gasteiger partial charge < -0.3 is 16.0 Å². The zero-order chi connectivity index (χ0) is 24.5. The van der Waals surface area contributed by atoms with E-state index in [0.717, 1.165) is 27.9 Å². The highest BCUT2D eigenvalue weighted by molar-refractivity contribution is 6.06. The standard InChI is InChI=1S/C23H19F3N6O2/c1-13-6-3-4-7-15(13)30-20-16(10-14(11-28-20)21(33)27-2)31-22(34)17-12-32-18(23(24,25)26)8-5-9-19(32)29-17/h3-12H,1-2H3,(H,27,33)(H,28,30)(H,31,34). The van der Waals surface area contributed by atoms with Crippen LogP contribution in [0.1, 0.15) is 32.1 Å². The van der Waals surface area contributed by atoms with Gasteiger partial charge in [0.25, 0.3) is 11.8 Å². The molecule has 1 aromatic carbocycles. The minimum atomic E-state index is -4.62. The van der Waals surface area contributed by atoms with Gasteiger partial charge in [0.2, 0.25) is 0 Å². The Morgan fingerprint density at radius 1 is 1.00 bits per heavy atom. The maximum absolute atomic E-state index is 13.3. The lowest BCUT2D eigenvalue weighted by Crippen LogP contribution is -2.20. The van der Waals surface area contributed by atoms with Gasteiger partial charge in [0.1, 0.15) is 17.0 Å². The van der Waals surface area contributed by atoms with E-state index in [1.165, 1.54) is 31.4 Å². The molecule has 0 saturated carbocycles. The van der Waals surface area contributed by atoms with Crippen molar-refractivity contribution in [3.63, 3.8) is 0 Å². The molecule has 0 fully saturated rings. The van der Waals surface area contributed by atoms with Crippen LogP contribution in [0.25, 0.3) is 5.65 Å². The predicted molar refractivity (Wildman–Crippen MR) is 120 cm³/mol. The molecule has 34 heavy (non-hydrogen) atoms. The number of carbonyl (C=O) groups is 2.